The Balaban J connectivity index is 1.60. The van der Waals surface area contributed by atoms with Crippen molar-refractivity contribution in [1.29, 1.82) is 0 Å². The first-order chi connectivity index (χ1) is 16.1. The fourth-order valence-electron chi connectivity index (χ4n) is 5.54. The van der Waals surface area contributed by atoms with Gasteiger partial charge in [0.2, 0.25) is 11.8 Å². The van der Waals surface area contributed by atoms with Crippen molar-refractivity contribution >= 4 is 47.5 Å². The van der Waals surface area contributed by atoms with Crippen molar-refractivity contribution in [2.45, 2.75) is 25.3 Å². The summed E-state index contributed by atoms with van der Waals surface area (Å²) in [6.45, 7) is 0.662. The molecule has 34 heavy (non-hydrogen) atoms. The minimum Gasteiger partial charge on any atom is -0.367 e. The van der Waals surface area contributed by atoms with E-state index in [1.54, 1.807) is 12.1 Å². The van der Waals surface area contributed by atoms with E-state index in [0.717, 1.165) is 26.8 Å². The third-order valence-electron chi connectivity index (χ3n) is 7.27. The SMILES string of the molecule is CN1C(=O)NC(=O)C(=Cc2ccc3c(c2)CC2(C(=O)N(C)C(=O)N(C)C2=O)C2CCCN32)C1=O. The zero-order chi connectivity index (χ0) is 24.5. The quantitative estimate of drug-likeness (QED) is 0.360. The number of nitrogens with zero attached hydrogens (tertiary/aromatic N) is 4. The second kappa shape index (κ2) is 7.24. The number of nitrogens with one attached hydrogen (secondary N) is 1. The first-order valence-corrected chi connectivity index (χ1v) is 10.9. The largest absolute Gasteiger partial charge is 0.367 e. The molecule has 1 unspecified atom stereocenters. The van der Waals surface area contributed by atoms with E-state index < -0.39 is 41.1 Å². The Bertz CT molecular complexity index is 1210. The van der Waals surface area contributed by atoms with Gasteiger partial charge in [0.1, 0.15) is 5.57 Å². The van der Waals surface area contributed by atoms with Crippen LogP contribution in [-0.4, -0.2) is 84.1 Å². The molecule has 11 heteroatoms. The van der Waals surface area contributed by atoms with Crippen LogP contribution >= 0.6 is 0 Å². The molecule has 0 bridgehead atoms. The summed E-state index contributed by atoms with van der Waals surface area (Å²) in [6, 6.07) is 3.53. The molecule has 0 aliphatic carbocycles. The van der Waals surface area contributed by atoms with E-state index in [9.17, 15) is 28.8 Å². The Hall–Kier alpha value is -4.02. The normalized spacial score (nSPS) is 25.4. The molecule has 4 heterocycles. The van der Waals surface area contributed by atoms with Crippen molar-refractivity contribution in [2.24, 2.45) is 5.41 Å². The fourth-order valence-corrected chi connectivity index (χ4v) is 5.54. The summed E-state index contributed by atoms with van der Waals surface area (Å²) in [5.74, 6) is -2.55. The first-order valence-electron chi connectivity index (χ1n) is 10.9. The summed E-state index contributed by atoms with van der Waals surface area (Å²) < 4.78 is 0. The van der Waals surface area contributed by atoms with Gasteiger partial charge in [-0.1, -0.05) is 6.07 Å². The molecule has 3 saturated heterocycles. The van der Waals surface area contributed by atoms with Crippen molar-refractivity contribution in [2.75, 3.05) is 32.6 Å². The van der Waals surface area contributed by atoms with Crippen molar-refractivity contribution in [3.05, 3.63) is 34.9 Å². The molecular formula is C23H23N5O6. The predicted octanol–water partition coefficient (Wildman–Crippen LogP) is 0.340. The van der Waals surface area contributed by atoms with Gasteiger partial charge in [-0.25, -0.2) is 9.59 Å². The minimum atomic E-state index is -1.43. The van der Waals surface area contributed by atoms with Gasteiger partial charge in [-0.3, -0.25) is 39.2 Å². The topological polar surface area (TPSA) is 127 Å². The van der Waals surface area contributed by atoms with Crippen LogP contribution in [0.4, 0.5) is 15.3 Å². The van der Waals surface area contributed by atoms with Crippen LogP contribution in [0.2, 0.25) is 0 Å². The summed E-state index contributed by atoms with van der Waals surface area (Å²) in [5, 5.41) is 2.11. The Morgan fingerprint density at radius 1 is 0.971 bits per heavy atom. The molecule has 11 nitrogen and oxygen atoms in total. The second-order valence-electron chi connectivity index (χ2n) is 9.08. The van der Waals surface area contributed by atoms with Gasteiger partial charge in [-0.2, -0.15) is 0 Å². The molecule has 1 spiro atoms. The van der Waals surface area contributed by atoms with Crippen molar-refractivity contribution in [3.8, 4) is 0 Å². The van der Waals surface area contributed by atoms with Gasteiger partial charge in [0.05, 0.1) is 6.04 Å². The number of carbonyl (C=O) groups excluding carboxylic acids is 6. The number of amides is 8. The fraction of sp³-hybridized carbons (Fsp3) is 0.391. The number of hydrogen-bond donors (Lipinski definition) is 1. The highest BCUT2D eigenvalue weighted by Crippen LogP contribution is 2.49. The molecule has 3 fully saturated rings. The van der Waals surface area contributed by atoms with Crippen LogP contribution < -0.4 is 10.2 Å². The summed E-state index contributed by atoms with van der Waals surface area (Å²) >= 11 is 0. The number of imide groups is 4. The molecule has 8 amide bonds. The maximum Gasteiger partial charge on any atom is 0.332 e. The smallest absolute Gasteiger partial charge is 0.332 e. The lowest BCUT2D eigenvalue weighted by Gasteiger charge is -2.50. The molecule has 5 rings (SSSR count). The first kappa shape index (κ1) is 21.8. The van der Waals surface area contributed by atoms with Crippen LogP contribution in [0.25, 0.3) is 6.08 Å². The zero-order valence-electron chi connectivity index (χ0n) is 19.0. The highest BCUT2D eigenvalue weighted by atomic mass is 16.2. The lowest BCUT2D eigenvalue weighted by Crippen LogP contribution is -2.70. The lowest BCUT2D eigenvalue weighted by atomic mass is 9.68. The van der Waals surface area contributed by atoms with E-state index in [0.29, 0.717) is 24.1 Å². The van der Waals surface area contributed by atoms with E-state index in [4.69, 9.17) is 0 Å². The average molecular weight is 465 g/mol. The highest BCUT2D eigenvalue weighted by Gasteiger charge is 2.63. The van der Waals surface area contributed by atoms with Gasteiger partial charge in [-0.05, 0) is 48.6 Å². The number of carbonyl (C=O) groups is 6. The van der Waals surface area contributed by atoms with Gasteiger partial charge in [0, 0.05) is 33.4 Å². The number of barbiturate groups is 2. The number of fused-ring (bicyclic) bond motifs is 4. The van der Waals surface area contributed by atoms with Crippen molar-refractivity contribution in [3.63, 3.8) is 0 Å². The van der Waals surface area contributed by atoms with Gasteiger partial charge >= 0.3 is 12.1 Å². The number of likely N-dealkylation sites (N-methyl/N-ethyl adjacent to an activating group) is 1. The van der Waals surface area contributed by atoms with Crippen LogP contribution in [0.15, 0.2) is 23.8 Å². The molecule has 4 aliphatic rings. The number of anilines is 1. The maximum absolute atomic E-state index is 13.5. The van der Waals surface area contributed by atoms with E-state index >= 15 is 0 Å². The van der Waals surface area contributed by atoms with Crippen molar-refractivity contribution < 1.29 is 28.8 Å². The van der Waals surface area contributed by atoms with Crippen LogP contribution in [0, 0.1) is 5.41 Å². The highest BCUT2D eigenvalue weighted by molar-refractivity contribution is 6.30. The Kier molecular flexibility index (Phi) is 4.64. The summed E-state index contributed by atoms with van der Waals surface area (Å²) in [5.41, 5.74) is 0.475. The number of hydrogen-bond acceptors (Lipinski definition) is 7. The van der Waals surface area contributed by atoms with Crippen LogP contribution in [0.1, 0.15) is 24.0 Å². The minimum absolute atomic E-state index is 0.0959. The monoisotopic (exact) mass is 465 g/mol. The molecule has 0 saturated carbocycles. The van der Waals surface area contributed by atoms with Crippen molar-refractivity contribution in [1.82, 2.24) is 20.0 Å². The van der Waals surface area contributed by atoms with E-state index in [1.807, 2.05) is 11.0 Å². The van der Waals surface area contributed by atoms with Crippen LogP contribution in [0.5, 0.6) is 0 Å². The van der Waals surface area contributed by atoms with Gasteiger partial charge in [-0.15, -0.1) is 0 Å². The number of rotatable bonds is 1. The molecule has 1 atom stereocenters. The molecule has 1 N–H and O–H groups in total. The Labute approximate surface area is 194 Å². The summed E-state index contributed by atoms with van der Waals surface area (Å²) in [7, 11) is 4.04. The summed E-state index contributed by atoms with van der Waals surface area (Å²) in [4.78, 5) is 80.6. The molecule has 1 aromatic rings. The molecule has 4 aliphatic heterocycles. The van der Waals surface area contributed by atoms with Crippen LogP contribution in [0.3, 0.4) is 0 Å². The Morgan fingerprint density at radius 3 is 2.32 bits per heavy atom. The molecule has 176 valence electrons. The lowest BCUT2D eigenvalue weighted by molar-refractivity contribution is -0.159. The number of benzene rings is 1. The third-order valence-corrected chi connectivity index (χ3v) is 7.27. The van der Waals surface area contributed by atoms with Crippen LogP contribution in [-0.2, 0) is 25.6 Å². The average Bonchev–Trinajstić information content (AvgIpc) is 3.32. The summed E-state index contributed by atoms with van der Waals surface area (Å²) in [6.07, 6.45) is 2.93. The van der Waals surface area contributed by atoms with E-state index in [1.165, 1.54) is 27.2 Å². The van der Waals surface area contributed by atoms with Gasteiger partial charge in [0.25, 0.3) is 11.8 Å². The molecule has 0 aromatic heterocycles. The maximum atomic E-state index is 13.5. The molecular weight excluding hydrogens is 442 g/mol. The second-order valence-corrected chi connectivity index (χ2v) is 9.08. The van der Waals surface area contributed by atoms with Gasteiger partial charge < -0.3 is 4.90 Å². The standard InChI is InChI=1S/C23H23N5O6/c1-25-18(30)14(17(29)24-21(25)33)10-12-6-7-15-13(9-12)11-23(16-5-4-8-28(15)16)19(31)26(2)22(34)27(3)20(23)32/h6-7,9-10,16H,4-5,8,11H2,1-3H3,(H,24,29,33). The predicted molar refractivity (Wildman–Crippen MR) is 118 cm³/mol. The number of urea groups is 2. The van der Waals surface area contributed by atoms with Gasteiger partial charge in [0.15, 0.2) is 5.41 Å². The molecule has 1 aromatic carbocycles. The van der Waals surface area contributed by atoms with E-state index in [2.05, 4.69) is 5.32 Å². The van der Waals surface area contributed by atoms with E-state index in [-0.39, 0.29) is 18.0 Å². The Morgan fingerprint density at radius 2 is 1.65 bits per heavy atom. The third kappa shape index (κ3) is 2.76. The molecule has 0 radical (unpaired) electrons. The zero-order valence-corrected chi connectivity index (χ0v) is 19.0.